The number of nitrogens with zero attached hydrogens (tertiary/aromatic N) is 4. The highest BCUT2D eigenvalue weighted by Gasteiger charge is 2.16. The van der Waals surface area contributed by atoms with Gasteiger partial charge in [-0.05, 0) is 49.4 Å². The van der Waals surface area contributed by atoms with Gasteiger partial charge in [-0.15, -0.1) is 5.10 Å². The Balaban J connectivity index is 1.63. The van der Waals surface area contributed by atoms with E-state index in [0.29, 0.717) is 21.6 Å². The first-order valence-corrected chi connectivity index (χ1v) is 10.0. The number of anilines is 1. The lowest BCUT2D eigenvalue weighted by Gasteiger charge is -2.06. The Morgan fingerprint density at radius 2 is 1.94 bits per heavy atom. The highest BCUT2D eigenvalue weighted by Crippen LogP contribution is 2.22. The summed E-state index contributed by atoms with van der Waals surface area (Å²) in [4.78, 5) is 29.6. The standard InChI is InChI=1S/C21H17BrFN5O3/c1-12-24-18(13-3-6-15(31-2)7-4-13)10-19-26-27(21(30)28(12)19)11-20(29)25-17-8-5-14(22)9-16(17)23/h3-10H,11H2,1-2H3,(H,25,29). The largest absolute Gasteiger partial charge is 0.497 e. The average Bonchev–Trinajstić information content (AvgIpc) is 3.05. The molecule has 2 aromatic heterocycles. The Bertz CT molecular complexity index is 1350. The van der Waals surface area contributed by atoms with Crippen molar-refractivity contribution in [1.82, 2.24) is 19.2 Å². The number of nitrogens with one attached hydrogen (secondary N) is 1. The van der Waals surface area contributed by atoms with E-state index in [2.05, 4.69) is 31.3 Å². The number of carbonyl (C=O) groups excluding carboxylic acids is 1. The number of hydrogen-bond acceptors (Lipinski definition) is 5. The molecule has 0 unspecified atom stereocenters. The third kappa shape index (κ3) is 4.19. The van der Waals surface area contributed by atoms with E-state index in [1.54, 1.807) is 26.2 Å². The van der Waals surface area contributed by atoms with Crippen LogP contribution in [0.2, 0.25) is 0 Å². The van der Waals surface area contributed by atoms with Crippen LogP contribution in [0, 0.1) is 12.7 Å². The molecule has 0 atom stereocenters. The van der Waals surface area contributed by atoms with Crippen molar-refractivity contribution in [2.75, 3.05) is 12.4 Å². The minimum absolute atomic E-state index is 0.0182. The molecule has 0 aliphatic carbocycles. The molecule has 0 aliphatic heterocycles. The van der Waals surface area contributed by atoms with E-state index >= 15 is 0 Å². The number of benzene rings is 2. The van der Waals surface area contributed by atoms with Gasteiger partial charge in [-0.3, -0.25) is 4.79 Å². The van der Waals surface area contributed by atoms with Crippen molar-refractivity contribution in [3.8, 4) is 17.0 Å². The minimum atomic E-state index is -0.589. The van der Waals surface area contributed by atoms with Gasteiger partial charge in [-0.1, -0.05) is 15.9 Å². The minimum Gasteiger partial charge on any atom is -0.497 e. The van der Waals surface area contributed by atoms with E-state index in [1.807, 2.05) is 24.3 Å². The third-order valence-corrected chi connectivity index (χ3v) is 5.11. The number of ether oxygens (including phenoxy) is 1. The van der Waals surface area contributed by atoms with Crippen LogP contribution in [0.1, 0.15) is 5.82 Å². The summed E-state index contributed by atoms with van der Waals surface area (Å²) in [5.41, 5.74) is 1.33. The second kappa shape index (κ2) is 8.31. The fourth-order valence-corrected chi connectivity index (χ4v) is 3.46. The molecule has 0 bridgehead atoms. The van der Waals surface area contributed by atoms with Gasteiger partial charge in [-0.25, -0.2) is 23.3 Å². The van der Waals surface area contributed by atoms with Crippen molar-refractivity contribution < 1.29 is 13.9 Å². The maximum atomic E-state index is 14.0. The first-order chi connectivity index (χ1) is 14.9. The zero-order valence-corrected chi connectivity index (χ0v) is 18.2. The maximum Gasteiger partial charge on any atom is 0.352 e. The molecule has 4 rings (SSSR count). The van der Waals surface area contributed by atoms with Gasteiger partial charge in [0.2, 0.25) is 5.91 Å². The van der Waals surface area contributed by atoms with Gasteiger partial charge in [0.15, 0.2) is 5.65 Å². The van der Waals surface area contributed by atoms with E-state index in [0.717, 1.165) is 16.0 Å². The van der Waals surface area contributed by atoms with Crippen molar-refractivity contribution in [3.63, 3.8) is 0 Å². The monoisotopic (exact) mass is 485 g/mol. The second-order valence-corrected chi connectivity index (χ2v) is 7.64. The van der Waals surface area contributed by atoms with E-state index in [4.69, 9.17) is 4.74 Å². The van der Waals surface area contributed by atoms with E-state index in [9.17, 15) is 14.0 Å². The summed E-state index contributed by atoms with van der Waals surface area (Å²) in [6.07, 6.45) is 0. The summed E-state index contributed by atoms with van der Waals surface area (Å²) in [7, 11) is 1.59. The molecule has 1 amide bonds. The van der Waals surface area contributed by atoms with E-state index in [1.165, 1.54) is 16.5 Å². The molecule has 0 fully saturated rings. The molecule has 0 aliphatic rings. The van der Waals surface area contributed by atoms with Crippen LogP contribution in [0.4, 0.5) is 10.1 Å². The van der Waals surface area contributed by atoms with E-state index < -0.39 is 17.4 Å². The lowest BCUT2D eigenvalue weighted by Crippen LogP contribution is -2.29. The Morgan fingerprint density at radius 1 is 1.19 bits per heavy atom. The van der Waals surface area contributed by atoms with Crippen LogP contribution in [-0.4, -0.2) is 32.2 Å². The number of fused-ring (bicyclic) bond motifs is 1. The van der Waals surface area contributed by atoms with Crippen molar-refractivity contribution in [1.29, 1.82) is 0 Å². The van der Waals surface area contributed by atoms with Gasteiger partial charge in [0.25, 0.3) is 0 Å². The Hall–Kier alpha value is -3.53. The number of hydrogen-bond donors (Lipinski definition) is 1. The summed E-state index contributed by atoms with van der Waals surface area (Å²) >= 11 is 3.16. The molecule has 0 radical (unpaired) electrons. The van der Waals surface area contributed by atoms with Gasteiger partial charge in [0.1, 0.15) is 23.9 Å². The molecule has 2 heterocycles. The Kier molecular flexibility index (Phi) is 5.55. The average molecular weight is 486 g/mol. The molecular formula is C21H17BrFN5O3. The highest BCUT2D eigenvalue weighted by atomic mass is 79.9. The molecule has 10 heteroatoms. The van der Waals surface area contributed by atoms with Crippen molar-refractivity contribution >= 4 is 33.2 Å². The van der Waals surface area contributed by atoms with Crippen molar-refractivity contribution in [2.24, 2.45) is 0 Å². The fourth-order valence-electron chi connectivity index (χ4n) is 3.13. The van der Waals surface area contributed by atoms with Crippen LogP contribution in [0.3, 0.4) is 0 Å². The van der Waals surface area contributed by atoms with Gasteiger partial charge in [-0.2, -0.15) is 0 Å². The molecule has 2 aromatic carbocycles. The third-order valence-electron chi connectivity index (χ3n) is 4.62. The van der Waals surface area contributed by atoms with Crippen LogP contribution in [-0.2, 0) is 11.3 Å². The molecule has 8 nitrogen and oxygen atoms in total. The SMILES string of the molecule is COc1ccc(-c2cc3nn(CC(=O)Nc4ccc(Br)cc4F)c(=O)n3c(C)n2)cc1. The molecule has 158 valence electrons. The highest BCUT2D eigenvalue weighted by molar-refractivity contribution is 9.10. The van der Waals surface area contributed by atoms with E-state index in [-0.39, 0.29) is 12.2 Å². The van der Waals surface area contributed by atoms with Crippen LogP contribution >= 0.6 is 15.9 Å². The molecular weight excluding hydrogens is 469 g/mol. The first-order valence-electron chi connectivity index (χ1n) is 9.22. The van der Waals surface area contributed by atoms with Crippen LogP contribution in [0.5, 0.6) is 5.75 Å². The topological polar surface area (TPSA) is 90.5 Å². The maximum absolute atomic E-state index is 14.0. The fraction of sp³-hybridized carbons (Fsp3) is 0.143. The molecule has 0 saturated heterocycles. The van der Waals surface area contributed by atoms with Crippen LogP contribution in [0.25, 0.3) is 16.9 Å². The number of aryl methyl sites for hydroxylation is 1. The first kappa shape index (κ1) is 20.7. The zero-order valence-electron chi connectivity index (χ0n) is 16.6. The summed E-state index contributed by atoms with van der Waals surface area (Å²) in [6.45, 7) is 1.32. The van der Waals surface area contributed by atoms with Crippen LogP contribution < -0.4 is 15.7 Å². The molecule has 31 heavy (non-hydrogen) atoms. The summed E-state index contributed by atoms with van der Waals surface area (Å²) < 4.78 is 22.0. The zero-order chi connectivity index (χ0) is 22.1. The van der Waals surface area contributed by atoms with Gasteiger partial charge in [0.05, 0.1) is 18.5 Å². The predicted molar refractivity (Wildman–Crippen MR) is 117 cm³/mol. The number of methoxy groups -OCH3 is 1. The van der Waals surface area contributed by atoms with Crippen molar-refractivity contribution in [3.05, 3.63) is 75.1 Å². The lowest BCUT2D eigenvalue weighted by molar-refractivity contribution is -0.117. The summed E-state index contributed by atoms with van der Waals surface area (Å²) in [5, 5.41) is 6.70. The smallest absolute Gasteiger partial charge is 0.352 e. The van der Waals surface area contributed by atoms with Crippen molar-refractivity contribution in [2.45, 2.75) is 13.5 Å². The Labute approximate surface area is 184 Å². The number of rotatable bonds is 5. The Morgan fingerprint density at radius 3 is 2.61 bits per heavy atom. The number of carbonyl (C=O) groups is 1. The molecule has 4 aromatic rings. The number of aromatic nitrogens is 4. The summed E-state index contributed by atoms with van der Waals surface area (Å²) in [6, 6.07) is 13.3. The number of amides is 1. The van der Waals surface area contributed by atoms with Crippen LogP contribution in [0.15, 0.2) is 57.8 Å². The van der Waals surface area contributed by atoms with Gasteiger partial charge >= 0.3 is 5.69 Å². The predicted octanol–water partition coefficient (Wildman–Crippen LogP) is 3.42. The summed E-state index contributed by atoms with van der Waals surface area (Å²) in [5.74, 6) is -0.0174. The van der Waals surface area contributed by atoms with Gasteiger partial charge < -0.3 is 10.1 Å². The second-order valence-electron chi connectivity index (χ2n) is 6.72. The molecule has 1 N–H and O–H groups in total. The molecule has 0 saturated carbocycles. The number of halogens is 2. The quantitative estimate of drug-likeness (QED) is 0.467. The lowest BCUT2D eigenvalue weighted by atomic mass is 10.1. The normalized spacial score (nSPS) is 11.0. The van der Waals surface area contributed by atoms with Gasteiger partial charge in [0, 0.05) is 16.1 Å². The molecule has 0 spiro atoms.